The monoisotopic (exact) mass is 265 g/mol. The van der Waals surface area contributed by atoms with Gasteiger partial charge in [0.05, 0.1) is 17.9 Å². The highest BCUT2D eigenvalue weighted by atomic mass is 15.4. The summed E-state index contributed by atoms with van der Waals surface area (Å²) in [5.41, 5.74) is 5.03. The number of benzene rings is 1. The molecular formula is C17H19N3. The van der Waals surface area contributed by atoms with Gasteiger partial charge in [-0.2, -0.15) is 0 Å². The van der Waals surface area contributed by atoms with Gasteiger partial charge >= 0.3 is 0 Å². The van der Waals surface area contributed by atoms with Gasteiger partial charge in [0.15, 0.2) is 0 Å². The molecule has 5 rings (SSSR count). The predicted molar refractivity (Wildman–Crippen MR) is 82.0 cm³/mol. The Morgan fingerprint density at radius 2 is 1.80 bits per heavy atom. The minimum absolute atomic E-state index is 0.693. The summed E-state index contributed by atoms with van der Waals surface area (Å²) in [7, 11) is 0. The van der Waals surface area contributed by atoms with Gasteiger partial charge in [-0.3, -0.25) is 9.88 Å². The summed E-state index contributed by atoms with van der Waals surface area (Å²) >= 11 is 0. The fourth-order valence-corrected chi connectivity index (χ4v) is 3.18. The summed E-state index contributed by atoms with van der Waals surface area (Å²) in [6, 6.07) is 11.7. The van der Waals surface area contributed by atoms with Crippen LogP contribution in [-0.2, 0) is 0 Å². The lowest BCUT2D eigenvalue weighted by Crippen LogP contribution is -2.66. The van der Waals surface area contributed by atoms with Gasteiger partial charge < -0.3 is 4.90 Å². The van der Waals surface area contributed by atoms with Crippen LogP contribution < -0.4 is 4.90 Å². The highest BCUT2D eigenvalue weighted by Crippen LogP contribution is 2.29. The molecule has 0 spiro atoms. The van der Waals surface area contributed by atoms with Crippen LogP contribution in [0, 0.1) is 6.92 Å². The Morgan fingerprint density at radius 3 is 2.50 bits per heavy atom. The molecule has 0 saturated carbocycles. The molecule has 3 heteroatoms. The van der Waals surface area contributed by atoms with Gasteiger partial charge in [-0.25, -0.2) is 0 Å². The van der Waals surface area contributed by atoms with Gasteiger partial charge in [-0.05, 0) is 18.6 Å². The van der Waals surface area contributed by atoms with Gasteiger partial charge in [-0.1, -0.05) is 29.8 Å². The lowest BCUT2D eigenvalue weighted by molar-refractivity contribution is 0.110. The number of hydrogen-bond donors (Lipinski definition) is 0. The number of hydrogen-bond acceptors (Lipinski definition) is 3. The molecule has 20 heavy (non-hydrogen) atoms. The Bertz CT molecular complexity index is 612. The van der Waals surface area contributed by atoms with E-state index in [-0.39, 0.29) is 0 Å². The Hall–Kier alpha value is -1.87. The minimum atomic E-state index is 0.693. The average Bonchev–Trinajstić information content (AvgIpc) is 2.47. The van der Waals surface area contributed by atoms with Gasteiger partial charge in [0.1, 0.15) is 0 Å². The maximum atomic E-state index is 4.46. The molecule has 102 valence electrons. The van der Waals surface area contributed by atoms with E-state index >= 15 is 0 Å². The Kier molecular flexibility index (Phi) is 2.74. The fourth-order valence-electron chi connectivity index (χ4n) is 3.18. The van der Waals surface area contributed by atoms with E-state index in [0.29, 0.717) is 6.04 Å². The van der Waals surface area contributed by atoms with Gasteiger partial charge in [0.25, 0.3) is 0 Å². The summed E-state index contributed by atoms with van der Waals surface area (Å²) in [6.45, 7) is 6.87. The molecule has 4 heterocycles. The molecule has 3 aliphatic rings. The number of fused-ring (bicyclic) bond motifs is 2. The van der Waals surface area contributed by atoms with Gasteiger partial charge in [-0.15, -0.1) is 0 Å². The minimum Gasteiger partial charge on any atom is -0.363 e. The first-order valence-corrected chi connectivity index (χ1v) is 7.31. The van der Waals surface area contributed by atoms with Crippen molar-refractivity contribution in [1.29, 1.82) is 0 Å². The van der Waals surface area contributed by atoms with Crippen molar-refractivity contribution >= 4 is 5.69 Å². The quantitative estimate of drug-likeness (QED) is 0.832. The largest absolute Gasteiger partial charge is 0.363 e. The molecule has 0 unspecified atom stereocenters. The normalized spacial score (nSPS) is 24.4. The van der Waals surface area contributed by atoms with Crippen molar-refractivity contribution in [3.8, 4) is 11.1 Å². The molecule has 1 aromatic carbocycles. The lowest BCUT2D eigenvalue weighted by atomic mass is 10.0. The number of nitrogens with zero attached hydrogens (tertiary/aromatic N) is 3. The summed E-state index contributed by atoms with van der Waals surface area (Å²) in [5, 5.41) is 0. The van der Waals surface area contributed by atoms with E-state index in [1.54, 1.807) is 0 Å². The number of pyridine rings is 1. The SMILES string of the molecule is Cc1ccc(-c2cncc(N3CCN4CC3C4)c2)cc1. The lowest BCUT2D eigenvalue weighted by Gasteiger charge is -2.52. The molecule has 3 saturated heterocycles. The summed E-state index contributed by atoms with van der Waals surface area (Å²) in [5.74, 6) is 0. The summed E-state index contributed by atoms with van der Waals surface area (Å²) < 4.78 is 0. The molecule has 0 aliphatic carbocycles. The number of aryl methyl sites for hydroxylation is 1. The predicted octanol–water partition coefficient (Wildman–Crippen LogP) is 2.56. The molecular weight excluding hydrogens is 246 g/mol. The molecule has 2 aromatic rings. The van der Waals surface area contributed by atoms with Gasteiger partial charge in [0.2, 0.25) is 0 Å². The van der Waals surface area contributed by atoms with Crippen LogP contribution in [-0.4, -0.2) is 42.1 Å². The second kappa shape index (κ2) is 4.60. The molecule has 0 N–H and O–H groups in total. The van der Waals surface area contributed by atoms with Crippen molar-refractivity contribution in [1.82, 2.24) is 9.88 Å². The average molecular weight is 265 g/mol. The first-order valence-electron chi connectivity index (χ1n) is 7.31. The van der Waals surface area contributed by atoms with E-state index in [2.05, 4.69) is 52.0 Å². The first-order chi connectivity index (χ1) is 9.79. The Balaban J connectivity index is 1.65. The van der Waals surface area contributed by atoms with Crippen LogP contribution in [0.2, 0.25) is 0 Å². The second-order valence-corrected chi connectivity index (χ2v) is 5.90. The highest BCUT2D eigenvalue weighted by molar-refractivity contribution is 5.67. The Labute approximate surface area is 119 Å². The van der Waals surface area contributed by atoms with E-state index in [1.807, 2.05) is 12.4 Å². The van der Waals surface area contributed by atoms with Crippen LogP contribution >= 0.6 is 0 Å². The molecule has 3 aliphatic heterocycles. The van der Waals surface area contributed by atoms with Crippen LogP contribution in [0.4, 0.5) is 5.69 Å². The van der Waals surface area contributed by atoms with Crippen LogP contribution in [0.3, 0.4) is 0 Å². The van der Waals surface area contributed by atoms with Crippen LogP contribution in [0.5, 0.6) is 0 Å². The highest BCUT2D eigenvalue weighted by Gasteiger charge is 2.36. The van der Waals surface area contributed by atoms with Crippen LogP contribution in [0.15, 0.2) is 42.7 Å². The zero-order valence-corrected chi connectivity index (χ0v) is 11.8. The van der Waals surface area contributed by atoms with Crippen molar-refractivity contribution in [3.63, 3.8) is 0 Å². The topological polar surface area (TPSA) is 19.4 Å². The molecule has 1 aromatic heterocycles. The molecule has 0 radical (unpaired) electrons. The Morgan fingerprint density at radius 1 is 1.00 bits per heavy atom. The third kappa shape index (κ3) is 1.98. The van der Waals surface area contributed by atoms with Crippen molar-refractivity contribution in [2.24, 2.45) is 0 Å². The zero-order chi connectivity index (χ0) is 13.5. The smallest absolute Gasteiger partial charge is 0.0562 e. The number of anilines is 1. The second-order valence-electron chi connectivity index (χ2n) is 5.90. The maximum absolute atomic E-state index is 4.46. The van der Waals surface area contributed by atoms with Crippen LogP contribution in [0.1, 0.15) is 5.56 Å². The fraction of sp³-hybridized carbons (Fsp3) is 0.353. The van der Waals surface area contributed by atoms with Crippen molar-refractivity contribution in [3.05, 3.63) is 48.3 Å². The molecule has 2 bridgehead atoms. The molecule has 3 nitrogen and oxygen atoms in total. The number of rotatable bonds is 2. The van der Waals surface area contributed by atoms with E-state index in [0.717, 1.165) is 6.54 Å². The van der Waals surface area contributed by atoms with Crippen molar-refractivity contribution < 1.29 is 0 Å². The van der Waals surface area contributed by atoms with E-state index in [4.69, 9.17) is 0 Å². The molecule has 3 fully saturated rings. The maximum Gasteiger partial charge on any atom is 0.0562 e. The third-order valence-electron chi connectivity index (χ3n) is 4.48. The van der Waals surface area contributed by atoms with Crippen molar-refractivity contribution in [2.45, 2.75) is 13.0 Å². The summed E-state index contributed by atoms with van der Waals surface area (Å²) in [4.78, 5) is 9.49. The third-order valence-corrected chi connectivity index (χ3v) is 4.48. The standard InChI is InChI=1S/C17H19N3/c1-13-2-4-14(5-3-13)15-8-16(10-18-9-15)20-7-6-19-11-17(20)12-19/h2-5,8-10,17H,6-7,11-12H2,1H3. The number of piperazine rings is 2. The number of aromatic nitrogens is 1. The van der Waals surface area contributed by atoms with E-state index in [9.17, 15) is 0 Å². The molecule has 0 atom stereocenters. The van der Waals surface area contributed by atoms with E-state index < -0.39 is 0 Å². The van der Waals surface area contributed by atoms with E-state index in [1.165, 1.54) is 42.0 Å². The van der Waals surface area contributed by atoms with Gasteiger partial charge in [0, 0.05) is 37.9 Å². The summed E-state index contributed by atoms with van der Waals surface area (Å²) in [6.07, 6.45) is 3.97. The van der Waals surface area contributed by atoms with Crippen molar-refractivity contribution in [2.75, 3.05) is 31.1 Å². The van der Waals surface area contributed by atoms with Crippen LogP contribution in [0.25, 0.3) is 11.1 Å². The molecule has 0 amide bonds. The zero-order valence-electron chi connectivity index (χ0n) is 11.8. The first kappa shape index (κ1) is 11.9.